The van der Waals surface area contributed by atoms with E-state index < -0.39 is 10.0 Å². The number of nitrogens with zero attached hydrogens (tertiary/aromatic N) is 4. The molecule has 0 atom stereocenters. The summed E-state index contributed by atoms with van der Waals surface area (Å²) in [5, 5.41) is 7.64. The third-order valence-corrected chi connectivity index (χ3v) is 7.24. The lowest BCUT2D eigenvalue weighted by molar-refractivity contribution is 0.0730. The summed E-state index contributed by atoms with van der Waals surface area (Å²) in [6, 6.07) is 14.4. The first-order valence-corrected chi connectivity index (χ1v) is 12.2. The normalized spacial score (nSPS) is 15.2. The largest absolute Gasteiger partial charge is 0.379 e. The number of nitrogens with one attached hydrogen (secondary N) is 2. The second kappa shape index (κ2) is 10.2. The topological polar surface area (TPSA) is 101 Å². The van der Waals surface area contributed by atoms with Crippen LogP contribution in [0.3, 0.4) is 0 Å². The summed E-state index contributed by atoms with van der Waals surface area (Å²) in [6.45, 7) is 3.42. The number of morpholine rings is 1. The first kappa shape index (κ1) is 23.1. The smallest absolute Gasteiger partial charge is 0.243 e. The monoisotopic (exact) mass is 484 g/mol. The maximum absolute atomic E-state index is 12.7. The average Bonchev–Trinajstić information content (AvgIpc) is 3.39. The van der Waals surface area contributed by atoms with Gasteiger partial charge in [-0.3, -0.25) is 5.43 Å². The predicted molar refractivity (Wildman–Crippen MR) is 131 cm³/mol. The molecule has 172 valence electrons. The number of thiocarbonyl (C=S) groups is 1. The number of rotatable bonds is 6. The summed E-state index contributed by atoms with van der Waals surface area (Å²) in [6.07, 6.45) is 5.35. The molecule has 0 radical (unpaired) electrons. The molecule has 2 N–H and O–H groups in total. The molecule has 3 aromatic rings. The van der Waals surface area contributed by atoms with Gasteiger partial charge in [0.2, 0.25) is 10.0 Å². The minimum absolute atomic E-state index is 0.238. The molecule has 11 heteroatoms. The summed E-state index contributed by atoms with van der Waals surface area (Å²) in [5.41, 5.74) is 6.20. The van der Waals surface area contributed by atoms with Gasteiger partial charge in [-0.2, -0.15) is 9.41 Å². The van der Waals surface area contributed by atoms with E-state index in [1.54, 1.807) is 36.8 Å². The van der Waals surface area contributed by atoms with Crippen molar-refractivity contribution in [2.24, 2.45) is 5.10 Å². The van der Waals surface area contributed by atoms with Crippen molar-refractivity contribution in [3.63, 3.8) is 0 Å². The van der Waals surface area contributed by atoms with E-state index in [0.717, 1.165) is 17.0 Å². The second-order valence-electron chi connectivity index (χ2n) is 7.32. The number of sulfonamides is 1. The van der Waals surface area contributed by atoms with Crippen LogP contribution in [0.15, 0.2) is 77.2 Å². The van der Waals surface area contributed by atoms with Gasteiger partial charge in [-0.1, -0.05) is 12.1 Å². The van der Waals surface area contributed by atoms with Gasteiger partial charge in [0, 0.05) is 36.9 Å². The summed E-state index contributed by atoms with van der Waals surface area (Å²) in [4.78, 5) is 4.29. The standard InChI is InChI=1S/C22H24N6O3S2/c1-17(18-2-6-20(7-3-18)27-11-10-23-16-27)25-26-22(32)24-19-4-8-21(9-5-19)33(29,30)28-12-14-31-15-13-28/h2-11,16H,12-15H2,1H3,(H2,24,26,32). The highest BCUT2D eigenvalue weighted by molar-refractivity contribution is 7.89. The van der Waals surface area contributed by atoms with Crippen molar-refractivity contribution in [1.29, 1.82) is 0 Å². The van der Waals surface area contributed by atoms with Crippen LogP contribution < -0.4 is 10.7 Å². The molecule has 2 aromatic carbocycles. The molecule has 1 aliphatic heterocycles. The van der Waals surface area contributed by atoms with Gasteiger partial charge in [0.05, 0.1) is 30.1 Å². The highest BCUT2D eigenvalue weighted by atomic mass is 32.2. The maximum Gasteiger partial charge on any atom is 0.243 e. The Morgan fingerprint density at radius 3 is 2.42 bits per heavy atom. The van der Waals surface area contributed by atoms with E-state index >= 15 is 0 Å². The summed E-state index contributed by atoms with van der Waals surface area (Å²) in [7, 11) is -3.53. The second-order valence-corrected chi connectivity index (χ2v) is 9.67. The maximum atomic E-state index is 12.7. The molecular weight excluding hydrogens is 460 g/mol. The Balaban J connectivity index is 1.34. The summed E-state index contributed by atoms with van der Waals surface area (Å²) >= 11 is 5.31. The molecule has 1 aliphatic rings. The van der Waals surface area contributed by atoms with Crippen LogP contribution in [0.1, 0.15) is 12.5 Å². The third kappa shape index (κ3) is 5.63. The fraction of sp³-hybridized carbons (Fsp3) is 0.227. The zero-order valence-corrected chi connectivity index (χ0v) is 19.6. The molecule has 33 heavy (non-hydrogen) atoms. The lowest BCUT2D eigenvalue weighted by Crippen LogP contribution is -2.40. The SMILES string of the molecule is CC(=NNC(=S)Nc1ccc(S(=O)(=O)N2CCOCC2)cc1)c1ccc(-n2ccnc2)cc1. The van der Waals surface area contributed by atoms with Crippen molar-refractivity contribution in [2.75, 3.05) is 31.6 Å². The Hall–Kier alpha value is -3.12. The van der Waals surface area contributed by atoms with E-state index in [1.165, 1.54) is 4.31 Å². The Bertz CT molecular complexity index is 1220. The summed E-state index contributed by atoms with van der Waals surface area (Å²) < 4.78 is 34.0. The predicted octanol–water partition coefficient (Wildman–Crippen LogP) is 2.60. The molecule has 4 rings (SSSR count). The van der Waals surface area contributed by atoms with Gasteiger partial charge in [-0.25, -0.2) is 13.4 Å². The molecule has 0 bridgehead atoms. The highest BCUT2D eigenvalue weighted by Gasteiger charge is 2.26. The van der Waals surface area contributed by atoms with Crippen LogP contribution in [-0.4, -0.2) is 59.4 Å². The molecule has 1 aromatic heterocycles. The van der Waals surface area contributed by atoms with Gasteiger partial charge in [0.15, 0.2) is 5.11 Å². The lowest BCUT2D eigenvalue weighted by Gasteiger charge is -2.26. The van der Waals surface area contributed by atoms with E-state index in [0.29, 0.717) is 37.1 Å². The van der Waals surface area contributed by atoms with Crippen LogP contribution in [0, 0.1) is 0 Å². The van der Waals surface area contributed by atoms with E-state index in [-0.39, 0.29) is 4.90 Å². The van der Waals surface area contributed by atoms with Crippen LogP contribution in [0.25, 0.3) is 5.69 Å². The molecule has 0 amide bonds. The quantitative estimate of drug-likeness (QED) is 0.315. The molecular formula is C22H24N6O3S2. The first-order valence-electron chi connectivity index (χ1n) is 10.3. The number of anilines is 1. The van der Waals surface area contributed by atoms with Crippen LogP contribution in [0.5, 0.6) is 0 Å². The molecule has 0 unspecified atom stereocenters. The van der Waals surface area contributed by atoms with E-state index in [9.17, 15) is 8.42 Å². The Kier molecular flexibility index (Phi) is 7.14. The highest BCUT2D eigenvalue weighted by Crippen LogP contribution is 2.19. The van der Waals surface area contributed by atoms with Crippen LogP contribution in [0.2, 0.25) is 0 Å². The molecule has 1 fully saturated rings. The van der Waals surface area contributed by atoms with Gasteiger partial charge in [-0.15, -0.1) is 0 Å². The zero-order valence-electron chi connectivity index (χ0n) is 18.0. The fourth-order valence-corrected chi connectivity index (χ4v) is 4.86. The number of benzene rings is 2. The third-order valence-electron chi connectivity index (χ3n) is 5.13. The van der Waals surface area contributed by atoms with Gasteiger partial charge in [-0.05, 0) is 61.1 Å². The lowest BCUT2D eigenvalue weighted by atomic mass is 10.1. The van der Waals surface area contributed by atoms with Crippen LogP contribution in [-0.2, 0) is 14.8 Å². The van der Waals surface area contributed by atoms with Crippen molar-refractivity contribution in [3.05, 3.63) is 72.8 Å². The molecule has 1 saturated heterocycles. The minimum Gasteiger partial charge on any atom is -0.379 e. The van der Waals surface area contributed by atoms with E-state index in [1.807, 2.05) is 42.0 Å². The summed E-state index contributed by atoms with van der Waals surface area (Å²) in [5.74, 6) is 0. The molecule has 0 aliphatic carbocycles. The van der Waals surface area contributed by atoms with Gasteiger partial charge in [0.1, 0.15) is 0 Å². The zero-order chi connectivity index (χ0) is 23.3. The molecule has 0 spiro atoms. The average molecular weight is 485 g/mol. The Labute approximate surface area is 198 Å². The van der Waals surface area contributed by atoms with Crippen molar-refractivity contribution < 1.29 is 13.2 Å². The van der Waals surface area contributed by atoms with Gasteiger partial charge in [0.25, 0.3) is 0 Å². The van der Waals surface area contributed by atoms with Crippen LogP contribution >= 0.6 is 12.2 Å². The number of aromatic nitrogens is 2. The molecule has 9 nitrogen and oxygen atoms in total. The Morgan fingerprint density at radius 1 is 1.09 bits per heavy atom. The fourth-order valence-electron chi connectivity index (χ4n) is 3.29. The first-order chi connectivity index (χ1) is 15.9. The van der Waals surface area contributed by atoms with Crippen molar-refractivity contribution in [1.82, 2.24) is 19.3 Å². The number of hydrogen-bond donors (Lipinski definition) is 2. The number of ether oxygens (including phenoxy) is 1. The van der Waals surface area contributed by atoms with E-state index in [4.69, 9.17) is 17.0 Å². The number of imidazole rings is 1. The number of hydrazone groups is 1. The Morgan fingerprint density at radius 2 is 1.79 bits per heavy atom. The molecule has 2 heterocycles. The molecule has 0 saturated carbocycles. The van der Waals surface area contributed by atoms with Crippen LogP contribution in [0.4, 0.5) is 5.69 Å². The van der Waals surface area contributed by atoms with E-state index in [2.05, 4.69) is 20.8 Å². The van der Waals surface area contributed by atoms with Gasteiger partial charge >= 0.3 is 0 Å². The van der Waals surface area contributed by atoms with Crippen molar-refractivity contribution in [3.8, 4) is 5.69 Å². The minimum atomic E-state index is -3.53. The number of hydrogen-bond acceptors (Lipinski definition) is 6. The van der Waals surface area contributed by atoms with Gasteiger partial charge < -0.3 is 14.6 Å². The van der Waals surface area contributed by atoms with Crippen molar-refractivity contribution in [2.45, 2.75) is 11.8 Å². The van der Waals surface area contributed by atoms with Crippen molar-refractivity contribution >= 4 is 38.8 Å².